The minimum absolute atomic E-state index is 0.0511. The van der Waals surface area contributed by atoms with Gasteiger partial charge in [0.2, 0.25) is 11.8 Å². The average molecular weight is 359 g/mol. The summed E-state index contributed by atoms with van der Waals surface area (Å²) < 4.78 is 5.93. The van der Waals surface area contributed by atoms with Gasteiger partial charge in [0.25, 0.3) is 0 Å². The fourth-order valence-corrected chi connectivity index (χ4v) is 4.95. The van der Waals surface area contributed by atoms with E-state index in [0.29, 0.717) is 11.4 Å². The van der Waals surface area contributed by atoms with Crippen molar-refractivity contribution in [1.29, 1.82) is 0 Å². The van der Waals surface area contributed by atoms with E-state index in [2.05, 4.69) is 18.2 Å². The highest BCUT2D eigenvalue weighted by Crippen LogP contribution is 2.53. The second-order valence-electron chi connectivity index (χ2n) is 7.93. The molecule has 136 valence electrons. The van der Waals surface area contributed by atoms with E-state index in [1.54, 1.807) is 12.1 Å². The van der Waals surface area contributed by atoms with Crippen LogP contribution in [0.1, 0.15) is 17.5 Å². The predicted molar refractivity (Wildman–Crippen MR) is 103 cm³/mol. The van der Waals surface area contributed by atoms with Gasteiger partial charge in [-0.25, -0.2) is 0 Å². The highest BCUT2D eigenvalue weighted by Gasteiger charge is 2.59. The molecular formula is C23H21NO3. The number of allylic oxidation sites excluding steroid dienone is 2. The molecule has 2 aromatic rings. The molecule has 2 aliphatic carbocycles. The Morgan fingerprint density at radius 1 is 0.815 bits per heavy atom. The molecule has 2 amide bonds. The van der Waals surface area contributed by atoms with Crippen LogP contribution < -0.4 is 9.64 Å². The van der Waals surface area contributed by atoms with E-state index in [-0.39, 0.29) is 35.5 Å². The third kappa shape index (κ3) is 2.51. The van der Waals surface area contributed by atoms with Crippen LogP contribution in [0.4, 0.5) is 5.69 Å². The summed E-state index contributed by atoms with van der Waals surface area (Å²) in [6, 6.07) is 13.3. The van der Waals surface area contributed by atoms with Crippen LogP contribution >= 0.6 is 0 Å². The number of amides is 2. The number of nitrogens with zero attached hydrogens (tertiary/aromatic N) is 1. The minimum Gasteiger partial charge on any atom is -0.457 e. The number of imide groups is 1. The first-order valence-corrected chi connectivity index (χ1v) is 9.43. The number of carbonyl (C=O) groups excluding carboxylic acids is 2. The average Bonchev–Trinajstić information content (AvgIpc) is 3.29. The van der Waals surface area contributed by atoms with Crippen molar-refractivity contribution in [3.05, 3.63) is 65.7 Å². The van der Waals surface area contributed by atoms with Gasteiger partial charge in [-0.05, 0) is 79.6 Å². The minimum atomic E-state index is -0.168. The molecule has 2 fully saturated rings. The zero-order valence-electron chi connectivity index (χ0n) is 15.4. The van der Waals surface area contributed by atoms with Gasteiger partial charge in [-0.3, -0.25) is 14.5 Å². The largest absolute Gasteiger partial charge is 0.457 e. The number of hydrogen-bond donors (Lipinski definition) is 0. The Balaban J connectivity index is 1.38. The molecule has 4 atom stereocenters. The Hall–Kier alpha value is -2.88. The fraction of sp³-hybridized carbons (Fsp3) is 0.304. The van der Waals surface area contributed by atoms with Gasteiger partial charge in [0.1, 0.15) is 11.5 Å². The van der Waals surface area contributed by atoms with Crippen LogP contribution in [0.5, 0.6) is 11.5 Å². The van der Waals surface area contributed by atoms with Crippen molar-refractivity contribution in [3.8, 4) is 11.5 Å². The van der Waals surface area contributed by atoms with Gasteiger partial charge in [-0.1, -0.05) is 18.2 Å². The molecule has 2 aromatic carbocycles. The van der Waals surface area contributed by atoms with Gasteiger partial charge < -0.3 is 4.74 Å². The molecule has 0 unspecified atom stereocenters. The van der Waals surface area contributed by atoms with Crippen molar-refractivity contribution < 1.29 is 14.3 Å². The highest BCUT2D eigenvalue weighted by molar-refractivity contribution is 6.22. The van der Waals surface area contributed by atoms with E-state index in [4.69, 9.17) is 4.74 Å². The van der Waals surface area contributed by atoms with Crippen LogP contribution in [0, 0.1) is 37.5 Å². The van der Waals surface area contributed by atoms with Gasteiger partial charge in [0, 0.05) is 0 Å². The number of benzene rings is 2. The molecule has 27 heavy (non-hydrogen) atoms. The fourth-order valence-electron chi connectivity index (χ4n) is 4.95. The van der Waals surface area contributed by atoms with E-state index in [1.807, 2.05) is 38.1 Å². The third-order valence-corrected chi connectivity index (χ3v) is 6.00. The Labute approximate surface area is 158 Å². The number of fused-ring (bicyclic) bond motifs is 5. The lowest BCUT2D eigenvalue weighted by molar-refractivity contribution is -0.123. The lowest BCUT2D eigenvalue weighted by Gasteiger charge is -2.17. The number of ether oxygens (including phenoxy) is 1. The molecule has 1 heterocycles. The Bertz CT molecular complexity index is 925. The van der Waals surface area contributed by atoms with E-state index in [1.165, 1.54) is 4.90 Å². The monoisotopic (exact) mass is 359 g/mol. The summed E-state index contributed by atoms with van der Waals surface area (Å²) in [4.78, 5) is 27.1. The zero-order chi connectivity index (χ0) is 18.7. The molecule has 2 bridgehead atoms. The summed E-state index contributed by atoms with van der Waals surface area (Å²) in [7, 11) is 0. The van der Waals surface area contributed by atoms with Crippen molar-refractivity contribution in [3.63, 3.8) is 0 Å². The molecule has 3 aliphatic rings. The van der Waals surface area contributed by atoms with Crippen molar-refractivity contribution in [1.82, 2.24) is 0 Å². The van der Waals surface area contributed by atoms with Crippen LogP contribution in [0.25, 0.3) is 0 Å². The lowest BCUT2D eigenvalue weighted by Crippen LogP contribution is -2.32. The van der Waals surface area contributed by atoms with Crippen molar-refractivity contribution in [2.24, 2.45) is 23.7 Å². The quantitative estimate of drug-likeness (QED) is 0.602. The van der Waals surface area contributed by atoms with E-state index < -0.39 is 0 Å². The smallest absolute Gasteiger partial charge is 0.238 e. The Kier molecular flexibility index (Phi) is 3.51. The molecule has 4 heteroatoms. The van der Waals surface area contributed by atoms with Gasteiger partial charge in [0.05, 0.1) is 17.5 Å². The van der Waals surface area contributed by atoms with Crippen LogP contribution in [-0.2, 0) is 9.59 Å². The number of aryl methyl sites for hydroxylation is 2. The van der Waals surface area contributed by atoms with Gasteiger partial charge in [-0.15, -0.1) is 0 Å². The maximum Gasteiger partial charge on any atom is 0.238 e. The zero-order valence-corrected chi connectivity index (χ0v) is 15.4. The van der Waals surface area contributed by atoms with E-state index in [9.17, 15) is 9.59 Å². The summed E-state index contributed by atoms with van der Waals surface area (Å²) in [5.74, 6) is 1.49. The van der Waals surface area contributed by atoms with Crippen LogP contribution in [0.3, 0.4) is 0 Å². The molecule has 0 spiro atoms. The van der Waals surface area contributed by atoms with Crippen LogP contribution in [0.2, 0.25) is 0 Å². The van der Waals surface area contributed by atoms with Crippen molar-refractivity contribution in [2.75, 3.05) is 4.90 Å². The summed E-state index contributed by atoms with van der Waals surface area (Å²) in [6.07, 6.45) is 5.17. The number of hydrogen-bond acceptors (Lipinski definition) is 3. The van der Waals surface area contributed by atoms with Crippen molar-refractivity contribution >= 4 is 17.5 Å². The van der Waals surface area contributed by atoms with Crippen LogP contribution in [-0.4, -0.2) is 11.8 Å². The molecule has 0 aromatic heterocycles. The van der Waals surface area contributed by atoms with E-state index >= 15 is 0 Å². The first-order chi connectivity index (χ1) is 13.0. The molecule has 1 aliphatic heterocycles. The number of carbonyl (C=O) groups is 2. The van der Waals surface area contributed by atoms with Gasteiger partial charge >= 0.3 is 0 Å². The Morgan fingerprint density at radius 3 is 1.93 bits per heavy atom. The summed E-state index contributed by atoms with van der Waals surface area (Å²) in [5, 5.41) is 0. The molecule has 4 nitrogen and oxygen atoms in total. The molecule has 5 rings (SSSR count). The normalized spacial score (nSPS) is 28.1. The number of anilines is 1. The first-order valence-electron chi connectivity index (χ1n) is 9.43. The topological polar surface area (TPSA) is 46.6 Å². The molecule has 1 saturated heterocycles. The first kappa shape index (κ1) is 16.3. The lowest BCUT2D eigenvalue weighted by atomic mass is 9.85. The maximum atomic E-state index is 12.9. The second-order valence-corrected chi connectivity index (χ2v) is 7.93. The SMILES string of the molecule is Cc1cc(C)cc(Oc2ccc(N3C(=O)[C@@H]4[C@@H](C3=O)[C@H]3C=C[C@@H]4C3)cc2)c1. The second kappa shape index (κ2) is 5.81. The molecule has 0 N–H and O–H groups in total. The molecule has 0 radical (unpaired) electrons. The predicted octanol–water partition coefficient (Wildman–Crippen LogP) is 4.41. The summed E-state index contributed by atoms with van der Waals surface area (Å²) >= 11 is 0. The standard InChI is InChI=1S/C23H21NO3/c1-13-9-14(2)11-19(10-13)27-18-7-5-17(6-8-18)24-22(25)20-15-3-4-16(12-15)21(20)23(24)26/h3-11,15-16,20-21H,12H2,1-2H3/t15-,16+,20-,21-/m0/s1. The molecule has 1 saturated carbocycles. The molecular weight excluding hydrogens is 338 g/mol. The van der Waals surface area contributed by atoms with Crippen molar-refractivity contribution in [2.45, 2.75) is 20.3 Å². The Morgan fingerprint density at radius 2 is 1.37 bits per heavy atom. The van der Waals surface area contributed by atoms with Gasteiger partial charge in [-0.2, -0.15) is 0 Å². The van der Waals surface area contributed by atoms with Gasteiger partial charge in [0.15, 0.2) is 0 Å². The maximum absolute atomic E-state index is 12.9. The number of rotatable bonds is 3. The third-order valence-electron chi connectivity index (χ3n) is 6.00. The highest BCUT2D eigenvalue weighted by atomic mass is 16.5. The summed E-state index contributed by atoms with van der Waals surface area (Å²) in [5.41, 5.74) is 2.92. The summed E-state index contributed by atoms with van der Waals surface area (Å²) in [6.45, 7) is 4.07. The van der Waals surface area contributed by atoms with Crippen LogP contribution in [0.15, 0.2) is 54.6 Å². The van der Waals surface area contributed by atoms with E-state index in [0.717, 1.165) is 23.3 Å².